The van der Waals surface area contributed by atoms with E-state index in [1.165, 1.54) is 5.56 Å². The van der Waals surface area contributed by atoms with Crippen molar-refractivity contribution in [2.45, 2.75) is 25.3 Å². The summed E-state index contributed by atoms with van der Waals surface area (Å²) >= 11 is 1.87. The van der Waals surface area contributed by atoms with Crippen LogP contribution in [0.1, 0.15) is 18.1 Å². The van der Waals surface area contributed by atoms with Gasteiger partial charge in [-0.25, -0.2) is 0 Å². The Kier molecular flexibility index (Phi) is 5.76. The van der Waals surface area contributed by atoms with E-state index in [2.05, 4.69) is 30.6 Å². The second kappa shape index (κ2) is 6.88. The van der Waals surface area contributed by atoms with Gasteiger partial charge < -0.3 is 10.4 Å². The van der Waals surface area contributed by atoms with Gasteiger partial charge in [0.25, 0.3) is 0 Å². The Morgan fingerprint density at radius 3 is 2.40 bits per heavy atom. The molecule has 0 fully saturated rings. The van der Waals surface area contributed by atoms with Gasteiger partial charge in [-0.15, -0.1) is 0 Å². The molecule has 1 rings (SSSR count). The quantitative estimate of drug-likeness (QED) is 0.777. The maximum absolute atomic E-state index is 8.89. The van der Waals surface area contributed by atoms with Gasteiger partial charge >= 0.3 is 0 Å². The number of nitrogens with one attached hydrogen (secondary N) is 1. The number of rotatable bonds is 6. The van der Waals surface area contributed by atoms with Crippen LogP contribution in [0.5, 0.6) is 0 Å². The fourth-order valence-corrected chi connectivity index (χ4v) is 1.55. The van der Waals surface area contributed by atoms with E-state index < -0.39 is 0 Å². The maximum atomic E-state index is 8.89. The molecular weight excluding hydrogens is 206 g/mol. The molecule has 0 saturated carbocycles. The molecule has 0 heterocycles. The van der Waals surface area contributed by atoms with Gasteiger partial charge in [0.05, 0.1) is 6.61 Å². The van der Waals surface area contributed by atoms with Gasteiger partial charge in [0.1, 0.15) is 0 Å². The molecule has 0 radical (unpaired) electrons. The van der Waals surface area contributed by atoms with Crippen molar-refractivity contribution in [1.29, 1.82) is 0 Å². The monoisotopic (exact) mass is 225 g/mol. The summed E-state index contributed by atoms with van der Waals surface area (Å²) < 4.78 is 0. The first-order valence-electron chi connectivity index (χ1n) is 5.18. The molecular formula is C12H19NOS. The Morgan fingerprint density at radius 2 is 1.87 bits per heavy atom. The second-order valence-electron chi connectivity index (χ2n) is 3.65. The lowest BCUT2D eigenvalue weighted by molar-refractivity contribution is 0.282. The Morgan fingerprint density at radius 1 is 1.27 bits per heavy atom. The van der Waals surface area contributed by atoms with Crippen LogP contribution in [-0.2, 0) is 13.2 Å². The maximum Gasteiger partial charge on any atom is 0.0681 e. The van der Waals surface area contributed by atoms with E-state index in [4.69, 9.17) is 5.11 Å². The largest absolute Gasteiger partial charge is 0.392 e. The molecule has 84 valence electrons. The van der Waals surface area contributed by atoms with Crippen molar-refractivity contribution in [3.05, 3.63) is 35.4 Å². The Balaban J connectivity index is 2.31. The van der Waals surface area contributed by atoms with Gasteiger partial charge in [-0.1, -0.05) is 31.2 Å². The summed E-state index contributed by atoms with van der Waals surface area (Å²) in [5.41, 5.74) is 2.23. The Hall–Kier alpha value is -0.510. The lowest BCUT2D eigenvalue weighted by Crippen LogP contribution is -2.21. The summed E-state index contributed by atoms with van der Waals surface area (Å²) in [6, 6.07) is 8.05. The predicted octanol–water partition coefficient (Wildman–Crippen LogP) is 2.02. The second-order valence-corrected chi connectivity index (χ2v) is 4.93. The average molecular weight is 225 g/mol. The van der Waals surface area contributed by atoms with Crippen LogP contribution in [0.2, 0.25) is 0 Å². The highest BCUT2D eigenvalue weighted by molar-refractivity contribution is 7.99. The van der Waals surface area contributed by atoms with Gasteiger partial charge in [-0.05, 0) is 17.4 Å². The van der Waals surface area contributed by atoms with Gasteiger partial charge in [-0.3, -0.25) is 0 Å². The minimum Gasteiger partial charge on any atom is -0.392 e. The van der Waals surface area contributed by atoms with E-state index in [-0.39, 0.29) is 6.61 Å². The SMILES string of the molecule is CSC(C)CNCc1ccc(CO)cc1. The van der Waals surface area contributed by atoms with E-state index in [1.54, 1.807) is 0 Å². The third kappa shape index (κ3) is 4.69. The van der Waals surface area contributed by atoms with Crippen molar-refractivity contribution < 1.29 is 5.11 Å². The Labute approximate surface area is 96.1 Å². The third-order valence-electron chi connectivity index (χ3n) is 2.37. The number of aliphatic hydroxyl groups excluding tert-OH is 1. The number of hydrogen-bond acceptors (Lipinski definition) is 3. The zero-order valence-corrected chi connectivity index (χ0v) is 10.2. The number of hydrogen-bond donors (Lipinski definition) is 2. The van der Waals surface area contributed by atoms with E-state index in [1.807, 2.05) is 23.9 Å². The molecule has 2 N–H and O–H groups in total. The van der Waals surface area contributed by atoms with Crippen LogP contribution >= 0.6 is 11.8 Å². The summed E-state index contributed by atoms with van der Waals surface area (Å²) in [5.74, 6) is 0. The summed E-state index contributed by atoms with van der Waals surface area (Å²) in [5, 5.41) is 13.0. The molecule has 0 aliphatic heterocycles. The molecule has 15 heavy (non-hydrogen) atoms. The molecule has 0 saturated heterocycles. The van der Waals surface area contributed by atoms with Crippen LogP contribution < -0.4 is 5.32 Å². The molecule has 1 aromatic carbocycles. The van der Waals surface area contributed by atoms with Gasteiger partial charge in [0, 0.05) is 18.3 Å². The van der Waals surface area contributed by atoms with Crippen molar-refractivity contribution in [2.24, 2.45) is 0 Å². The summed E-state index contributed by atoms with van der Waals surface area (Å²) in [7, 11) is 0. The zero-order chi connectivity index (χ0) is 11.1. The first kappa shape index (κ1) is 12.6. The smallest absolute Gasteiger partial charge is 0.0681 e. The number of aliphatic hydroxyl groups is 1. The van der Waals surface area contributed by atoms with E-state index in [0.717, 1.165) is 18.7 Å². The van der Waals surface area contributed by atoms with Crippen LogP contribution in [0.15, 0.2) is 24.3 Å². The van der Waals surface area contributed by atoms with Gasteiger partial charge in [0.15, 0.2) is 0 Å². The van der Waals surface area contributed by atoms with E-state index in [0.29, 0.717) is 5.25 Å². The van der Waals surface area contributed by atoms with Crippen LogP contribution in [-0.4, -0.2) is 23.2 Å². The van der Waals surface area contributed by atoms with Gasteiger partial charge in [0.2, 0.25) is 0 Å². The predicted molar refractivity (Wildman–Crippen MR) is 67.0 cm³/mol. The molecule has 1 aromatic rings. The normalized spacial score (nSPS) is 12.7. The van der Waals surface area contributed by atoms with Crippen LogP contribution in [0.25, 0.3) is 0 Å². The zero-order valence-electron chi connectivity index (χ0n) is 9.36. The van der Waals surface area contributed by atoms with Crippen molar-refractivity contribution in [2.75, 3.05) is 12.8 Å². The third-order valence-corrected chi connectivity index (χ3v) is 3.34. The first-order chi connectivity index (χ1) is 7.26. The van der Waals surface area contributed by atoms with Crippen molar-refractivity contribution >= 4 is 11.8 Å². The lowest BCUT2D eigenvalue weighted by Gasteiger charge is -2.09. The number of thioether (sulfide) groups is 1. The highest BCUT2D eigenvalue weighted by atomic mass is 32.2. The minimum absolute atomic E-state index is 0.122. The molecule has 1 atom stereocenters. The van der Waals surface area contributed by atoms with Crippen molar-refractivity contribution in [3.8, 4) is 0 Å². The Bertz CT molecular complexity index is 273. The van der Waals surface area contributed by atoms with Crippen LogP contribution in [0.4, 0.5) is 0 Å². The van der Waals surface area contributed by atoms with Gasteiger partial charge in [-0.2, -0.15) is 11.8 Å². The van der Waals surface area contributed by atoms with Crippen molar-refractivity contribution in [3.63, 3.8) is 0 Å². The minimum atomic E-state index is 0.122. The molecule has 0 aromatic heterocycles. The number of benzene rings is 1. The summed E-state index contributed by atoms with van der Waals surface area (Å²) in [6.07, 6.45) is 2.13. The fraction of sp³-hybridized carbons (Fsp3) is 0.500. The van der Waals surface area contributed by atoms with Crippen LogP contribution in [0, 0.1) is 0 Å². The molecule has 3 heteroatoms. The first-order valence-corrected chi connectivity index (χ1v) is 6.47. The summed E-state index contributed by atoms with van der Waals surface area (Å²) in [4.78, 5) is 0. The summed E-state index contributed by atoms with van der Waals surface area (Å²) in [6.45, 7) is 4.27. The molecule has 0 spiro atoms. The average Bonchev–Trinajstić information content (AvgIpc) is 2.29. The molecule has 1 unspecified atom stereocenters. The van der Waals surface area contributed by atoms with Crippen LogP contribution in [0.3, 0.4) is 0 Å². The molecule has 0 bridgehead atoms. The topological polar surface area (TPSA) is 32.3 Å². The fourth-order valence-electron chi connectivity index (χ4n) is 1.27. The highest BCUT2D eigenvalue weighted by Crippen LogP contribution is 2.05. The molecule has 0 aliphatic carbocycles. The standard InChI is InChI=1S/C12H19NOS/c1-10(15-2)7-13-8-11-3-5-12(9-14)6-4-11/h3-6,10,13-14H,7-9H2,1-2H3. The molecule has 0 aliphatic rings. The molecule has 0 amide bonds. The highest BCUT2D eigenvalue weighted by Gasteiger charge is 1.98. The lowest BCUT2D eigenvalue weighted by atomic mass is 10.1. The van der Waals surface area contributed by atoms with E-state index in [9.17, 15) is 0 Å². The van der Waals surface area contributed by atoms with E-state index >= 15 is 0 Å². The molecule has 2 nitrogen and oxygen atoms in total. The van der Waals surface area contributed by atoms with Crippen molar-refractivity contribution in [1.82, 2.24) is 5.32 Å².